The van der Waals surface area contributed by atoms with Crippen LogP contribution in [0.5, 0.6) is 0 Å². The zero-order chi connectivity index (χ0) is 22.3. The Balaban J connectivity index is 1.59. The molecule has 0 saturated heterocycles. The summed E-state index contributed by atoms with van der Waals surface area (Å²) < 4.78 is 28.5. The summed E-state index contributed by atoms with van der Waals surface area (Å²) in [5.41, 5.74) is 2.14. The van der Waals surface area contributed by atoms with Crippen LogP contribution in [0.15, 0.2) is 47.4 Å². The van der Waals surface area contributed by atoms with Crippen LogP contribution in [-0.4, -0.2) is 33.5 Å². The van der Waals surface area contributed by atoms with E-state index < -0.39 is 10.0 Å². The van der Waals surface area contributed by atoms with Crippen molar-refractivity contribution in [3.8, 4) is 0 Å². The molecule has 0 aliphatic heterocycles. The number of para-hydroxylation sites is 1. The normalized spacial score (nSPS) is 14.9. The zero-order valence-electron chi connectivity index (χ0n) is 18.5. The summed E-state index contributed by atoms with van der Waals surface area (Å²) in [6.45, 7) is 5.18. The van der Waals surface area contributed by atoms with Gasteiger partial charge in [0.2, 0.25) is 0 Å². The third-order valence-electron chi connectivity index (χ3n) is 5.87. The summed E-state index contributed by atoms with van der Waals surface area (Å²) in [6, 6.07) is 12.7. The van der Waals surface area contributed by atoms with E-state index in [0.717, 1.165) is 24.6 Å². The number of nitrogens with one attached hydrogen (secondary N) is 2. The van der Waals surface area contributed by atoms with Crippen molar-refractivity contribution in [2.75, 3.05) is 17.8 Å². The predicted molar refractivity (Wildman–Crippen MR) is 124 cm³/mol. The summed E-state index contributed by atoms with van der Waals surface area (Å²) in [7, 11) is -3.80. The monoisotopic (exact) mass is 444 g/mol. The third kappa shape index (κ3) is 6.55. The summed E-state index contributed by atoms with van der Waals surface area (Å²) >= 11 is 0. The van der Waals surface area contributed by atoms with E-state index in [9.17, 15) is 13.2 Å². The lowest BCUT2D eigenvalue weighted by Gasteiger charge is -2.19. The first kappa shape index (κ1) is 23.3. The van der Waals surface area contributed by atoms with E-state index in [1.54, 1.807) is 43.3 Å². The largest absolute Gasteiger partial charge is 0.352 e. The highest BCUT2D eigenvalue weighted by Gasteiger charge is 2.20. The maximum atomic E-state index is 13.0. The molecule has 3 rings (SSSR count). The van der Waals surface area contributed by atoms with Crippen molar-refractivity contribution in [2.24, 2.45) is 0 Å². The number of anilines is 1. The second kappa shape index (κ2) is 10.8. The number of aryl methyl sites for hydroxylation is 2. The molecule has 4 N–H and O–H groups in total. The van der Waals surface area contributed by atoms with E-state index in [2.05, 4.69) is 15.4 Å². The van der Waals surface area contributed by atoms with Gasteiger partial charge in [0.15, 0.2) is 0 Å². The molecular formula is C24H34N3O3S+. The van der Waals surface area contributed by atoms with Crippen LogP contribution >= 0.6 is 0 Å². The molecule has 31 heavy (non-hydrogen) atoms. The lowest BCUT2D eigenvalue weighted by atomic mass is 9.95. The number of benzene rings is 2. The molecule has 0 radical (unpaired) electrons. The van der Waals surface area contributed by atoms with Gasteiger partial charge in [-0.2, -0.15) is 0 Å². The highest BCUT2D eigenvalue weighted by Crippen LogP contribution is 2.23. The number of rotatable bonds is 9. The molecule has 0 atom stereocenters. The van der Waals surface area contributed by atoms with Crippen LogP contribution in [0.25, 0.3) is 0 Å². The molecule has 6 nitrogen and oxygen atoms in total. The highest BCUT2D eigenvalue weighted by atomic mass is 32.2. The number of quaternary nitrogens is 1. The minimum absolute atomic E-state index is 0.223. The average Bonchev–Trinajstić information content (AvgIpc) is 2.76. The molecule has 1 saturated carbocycles. The molecule has 1 aliphatic rings. The smallest absolute Gasteiger partial charge is 0.262 e. The van der Waals surface area contributed by atoms with Gasteiger partial charge in [0.1, 0.15) is 0 Å². The Kier molecular flexibility index (Phi) is 8.09. The first-order valence-corrected chi connectivity index (χ1v) is 12.7. The Labute approximate surface area is 185 Å². The number of hydrogen-bond donors (Lipinski definition) is 3. The van der Waals surface area contributed by atoms with Gasteiger partial charge in [-0.25, -0.2) is 8.42 Å². The molecule has 1 amide bonds. The van der Waals surface area contributed by atoms with Crippen molar-refractivity contribution in [3.05, 3.63) is 59.2 Å². The van der Waals surface area contributed by atoms with E-state index in [1.165, 1.54) is 32.1 Å². The Morgan fingerprint density at radius 1 is 1.06 bits per heavy atom. The van der Waals surface area contributed by atoms with Crippen LogP contribution in [0, 0.1) is 13.8 Å². The number of sulfonamides is 1. The molecule has 0 unspecified atom stereocenters. The van der Waals surface area contributed by atoms with Crippen molar-refractivity contribution in [1.82, 2.24) is 5.32 Å². The van der Waals surface area contributed by atoms with E-state index in [0.29, 0.717) is 17.7 Å². The number of hydrogen-bond acceptors (Lipinski definition) is 3. The highest BCUT2D eigenvalue weighted by molar-refractivity contribution is 7.92. The molecular weight excluding hydrogens is 410 g/mol. The molecule has 0 heterocycles. The summed E-state index contributed by atoms with van der Waals surface area (Å²) in [5.74, 6) is -0.267. The second-order valence-corrected chi connectivity index (χ2v) is 10.1. The average molecular weight is 445 g/mol. The molecule has 168 valence electrons. The van der Waals surface area contributed by atoms with Crippen LogP contribution < -0.4 is 15.4 Å². The second-order valence-electron chi connectivity index (χ2n) is 8.45. The van der Waals surface area contributed by atoms with Crippen LogP contribution in [0.2, 0.25) is 0 Å². The van der Waals surface area contributed by atoms with Crippen LogP contribution in [-0.2, 0) is 10.0 Å². The molecule has 1 fully saturated rings. The van der Waals surface area contributed by atoms with Gasteiger partial charge in [-0.05, 0) is 68.9 Å². The Hall–Kier alpha value is -2.38. The number of nitrogens with two attached hydrogens (primary N) is 1. The molecule has 0 bridgehead atoms. The predicted octanol–water partition coefficient (Wildman–Crippen LogP) is 3.12. The fourth-order valence-electron chi connectivity index (χ4n) is 4.09. The quantitative estimate of drug-likeness (QED) is 0.519. The summed E-state index contributed by atoms with van der Waals surface area (Å²) in [5, 5.41) is 5.33. The standard InChI is InChI=1S/C24H33N3O3S/c1-18-13-14-19(2)23(17-18)31(29,30)27-22-12-7-6-11-21(22)24(28)26-16-8-15-25-20-9-4-3-5-10-20/h6-7,11-14,17,20,25,27H,3-5,8-10,15-16H2,1-2H3,(H,26,28)/p+1. The Morgan fingerprint density at radius 2 is 1.81 bits per heavy atom. The van der Waals surface area contributed by atoms with Gasteiger partial charge < -0.3 is 10.6 Å². The summed E-state index contributed by atoms with van der Waals surface area (Å²) in [4.78, 5) is 12.9. The Bertz CT molecular complexity index is 999. The lowest BCUT2D eigenvalue weighted by molar-refractivity contribution is -0.691. The van der Waals surface area contributed by atoms with Gasteiger partial charge in [-0.3, -0.25) is 9.52 Å². The van der Waals surface area contributed by atoms with Gasteiger partial charge in [0, 0.05) is 13.0 Å². The molecule has 1 aliphatic carbocycles. The molecule has 0 aromatic heterocycles. The SMILES string of the molecule is Cc1ccc(C)c(S(=O)(=O)Nc2ccccc2C(=O)NCCC[NH2+]C2CCCCC2)c1. The molecule has 0 spiro atoms. The van der Waals surface area contributed by atoms with Crippen molar-refractivity contribution in [3.63, 3.8) is 0 Å². The zero-order valence-corrected chi connectivity index (χ0v) is 19.3. The maximum Gasteiger partial charge on any atom is 0.262 e. The van der Waals surface area contributed by atoms with E-state index in [4.69, 9.17) is 0 Å². The molecule has 7 heteroatoms. The lowest BCUT2D eigenvalue weighted by Crippen LogP contribution is -2.90. The maximum absolute atomic E-state index is 13.0. The van der Waals surface area contributed by atoms with E-state index in [-0.39, 0.29) is 16.5 Å². The van der Waals surface area contributed by atoms with Gasteiger partial charge >= 0.3 is 0 Å². The van der Waals surface area contributed by atoms with Gasteiger partial charge in [0.25, 0.3) is 15.9 Å². The van der Waals surface area contributed by atoms with E-state index >= 15 is 0 Å². The molecule has 2 aromatic rings. The minimum Gasteiger partial charge on any atom is -0.352 e. The van der Waals surface area contributed by atoms with Crippen molar-refractivity contribution in [1.29, 1.82) is 0 Å². The topological polar surface area (TPSA) is 91.9 Å². The van der Waals surface area contributed by atoms with Crippen LogP contribution in [0.3, 0.4) is 0 Å². The first-order chi connectivity index (χ1) is 14.9. The van der Waals surface area contributed by atoms with Gasteiger partial charge in [-0.1, -0.05) is 30.7 Å². The van der Waals surface area contributed by atoms with Gasteiger partial charge in [-0.15, -0.1) is 0 Å². The third-order valence-corrected chi connectivity index (χ3v) is 7.37. The Morgan fingerprint density at radius 3 is 2.58 bits per heavy atom. The number of carbonyl (C=O) groups excluding carboxylic acids is 1. The van der Waals surface area contributed by atoms with Crippen molar-refractivity contribution >= 4 is 21.6 Å². The fourth-order valence-corrected chi connectivity index (χ4v) is 5.50. The number of carbonyl (C=O) groups is 1. The van der Waals surface area contributed by atoms with Crippen molar-refractivity contribution in [2.45, 2.75) is 63.3 Å². The number of amides is 1. The van der Waals surface area contributed by atoms with Crippen molar-refractivity contribution < 1.29 is 18.5 Å². The first-order valence-electron chi connectivity index (χ1n) is 11.2. The van der Waals surface area contributed by atoms with Crippen LogP contribution in [0.1, 0.15) is 60.0 Å². The fraction of sp³-hybridized carbons (Fsp3) is 0.458. The van der Waals surface area contributed by atoms with Crippen LogP contribution in [0.4, 0.5) is 5.69 Å². The van der Waals surface area contributed by atoms with E-state index in [1.807, 2.05) is 13.0 Å². The van der Waals surface area contributed by atoms with Gasteiger partial charge in [0.05, 0.1) is 28.7 Å². The summed E-state index contributed by atoms with van der Waals surface area (Å²) in [6.07, 6.45) is 7.48. The molecule has 2 aromatic carbocycles. The minimum atomic E-state index is -3.80.